The van der Waals surface area contributed by atoms with Crippen LogP contribution in [-0.2, 0) is 23.0 Å². The molecular weight excluding hydrogens is 420 g/mol. The fourth-order valence-electron chi connectivity index (χ4n) is 3.52. The summed E-state index contributed by atoms with van der Waals surface area (Å²) in [5, 5.41) is 3.45. The Morgan fingerprint density at radius 3 is 2.43 bits per heavy atom. The molecule has 1 amide bonds. The molecule has 0 atom stereocenters. The number of rotatable bonds is 9. The summed E-state index contributed by atoms with van der Waals surface area (Å²) in [7, 11) is -3.55. The van der Waals surface area contributed by atoms with Crippen LogP contribution in [0.3, 0.4) is 0 Å². The Kier molecular flexibility index (Phi) is 7.62. The van der Waals surface area contributed by atoms with Gasteiger partial charge in [-0.15, -0.1) is 11.3 Å². The SMILES string of the molecule is CCCN(CCC)S(=O)(=O)c1ccc(C(=O)Nc2nc3c(s2)CN(CC)CC3)cc1. The van der Waals surface area contributed by atoms with Crippen molar-refractivity contribution >= 4 is 32.4 Å². The first-order chi connectivity index (χ1) is 14.4. The maximum absolute atomic E-state index is 12.9. The molecule has 0 radical (unpaired) electrons. The van der Waals surface area contributed by atoms with Crippen molar-refractivity contribution in [1.29, 1.82) is 0 Å². The van der Waals surface area contributed by atoms with Gasteiger partial charge < -0.3 is 0 Å². The topological polar surface area (TPSA) is 82.6 Å². The van der Waals surface area contributed by atoms with Crippen molar-refractivity contribution in [3.8, 4) is 0 Å². The van der Waals surface area contributed by atoms with Crippen molar-refractivity contribution in [1.82, 2.24) is 14.2 Å². The van der Waals surface area contributed by atoms with Crippen molar-refractivity contribution in [2.75, 3.05) is 31.5 Å². The Morgan fingerprint density at radius 1 is 1.17 bits per heavy atom. The summed E-state index contributed by atoms with van der Waals surface area (Å²) in [6.45, 7) is 9.90. The average molecular weight is 451 g/mol. The first-order valence-electron chi connectivity index (χ1n) is 10.5. The highest BCUT2D eigenvalue weighted by Crippen LogP contribution is 2.28. The first kappa shape index (κ1) is 22.9. The van der Waals surface area contributed by atoms with E-state index in [-0.39, 0.29) is 10.8 Å². The zero-order valence-electron chi connectivity index (χ0n) is 17.8. The van der Waals surface area contributed by atoms with Gasteiger partial charge in [-0.05, 0) is 43.7 Å². The average Bonchev–Trinajstić information content (AvgIpc) is 3.14. The van der Waals surface area contributed by atoms with Gasteiger partial charge in [0.1, 0.15) is 0 Å². The molecule has 164 valence electrons. The molecule has 9 heteroatoms. The lowest BCUT2D eigenvalue weighted by molar-refractivity contribution is 0.102. The van der Waals surface area contributed by atoms with Crippen molar-refractivity contribution in [3.05, 3.63) is 40.4 Å². The molecule has 0 saturated heterocycles. The smallest absolute Gasteiger partial charge is 0.257 e. The fourth-order valence-corrected chi connectivity index (χ4v) is 6.19. The largest absolute Gasteiger partial charge is 0.298 e. The number of aromatic nitrogens is 1. The maximum Gasteiger partial charge on any atom is 0.257 e. The number of anilines is 1. The molecule has 1 aliphatic heterocycles. The summed E-state index contributed by atoms with van der Waals surface area (Å²) >= 11 is 1.51. The van der Waals surface area contributed by atoms with Crippen molar-refractivity contribution in [2.45, 2.75) is 51.5 Å². The molecule has 1 aromatic carbocycles. The molecular formula is C21H30N4O3S2. The van der Waals surface area contributed by atoms with Gasteiger partial charge in [0.25, 0.3) is 5.91 Å². The minimum atomic E-state index is -3.55. The number of hydrogen-bond donors (Lipinski definition) is 1. The van der Waals surface area contributed by atoms with Gasteiger partial charge in [0, 0.05) is 43.0 Å². The molecule has 0 fully saturated rings. The number of hydrogen-bond acceptors (Lipinski definition) is 6. The van der Waals surface area contributed by atoms with Crippen molar-refractivity contribution in [2.24, 2.45) is 0 Å². The third kappa shape index (κ3) is 5.08. The van der Waals surface area contributed by atoms with Crippen LogP contribution in [0.2, 0.25) is 0 Å². The van der Waals surface area contributed by atoms with E-state index in [0.29, 0.717) is 23.8 Å². The number of likely N-dealkylation sites (N-methyl/N-ethyl adjacent to an activating group) is 1. The predicted molar refractivity (Wildman–Crippen MR) is 121 cm³/mol. The van der Waals surface area contributed by atoms with E-state index in [1.807, 2.05) is 13.8 Å². The molecule has 0 bridgehead atoms. The van der Waals surface area contributed by atoms with E-state index >= 15 is 0 Å². The molecule has 7 nitrogen and oxygen atoms in total. The predicted octanol–water partition coefficient (Wildman–Crippen LogP) is 3.58. The van der Waals surface area contributed by atoms with E-state index in [1.54, 1.807) is 12.1 Å². The van der Waals surface area contributed by atoms with E-state index in [2.05, 4.69) is 22.1 Å². The number of carbonyl (C=O) groups excluding carboxylic acids is 1. The van der Waals surface area contributed by atoms with Gasteiger partial charge in [-0.1, -0.05) is 20.8 Å². The molecule has 1 N–H and O–H groups in total. The molecule has 3 rings (SSSR count). The number of benzene rings is 1. The zero-order valence-corrected chi connectivity index (χ0v) is 19.5. The second kappa shape index (κ2) is 10.00. The number of nitrogens with one attached hydrogen (secondary N) is 1. The second-order valence-electron chi connectivity index (χ2n) is 7.39. The molecule has 1 aliphatic rings. The summed E-state index contributed by atoms with van der Waals surface area (Å²) in [5.74, 6) is -0.281. The lowest BCUT2D eigenvalue weighted by Crippen LogP contribution is -2.32. The summed E-state index contributed by atoms with van der Waals surface area (Å²) < 4.78 is 27.2. The number of nitrogens with zero attached hydrogens (tertiary/aromatic N) is 3. The molecule has 2 heterocycles. The van der Waals surface area contributed by atoms with Gasteiger partial charge >= 0.3 is 0 Å². The van der Waals surface area contributed by atoms with Crippen LogP contribution in [0.25, 0.3) is 0 Å². The fraction of sp³-hybridized carbons (Fsp3) is 0.524. The minimum Gasteiger partial charge on any atom is -0.298 e. The normalized spacial score (nSPS) is 14.7. The molecule has 0 spiro atoms. The Labute approximate surface area is 183 Å². The number of sulfonamides is 1. The second-order valence-corrected chi connectivity index (χ2v) is 10.4. The summed E-state index contributed by atoms with van der Waals surface area (Å²) in [5.41, 5.74) is 1.48. The van der Waals surface area contributed by atoms with Gasteiger partial charge in [0.15, 0.2) is 5.13 Å². The van der Waals surface area contributed by atoms with E-state index in [9.17, 15) is 13.2 Å². The molecule has 2 aromatic rings. The highest BCUT2D eigenvalue weighted by Gasteiger charge is 2.24. The summed E-state index contributed by atoms with van der Waals surface area (Å²) in [6, 6.07) is 6.14. The zero-order chi connectivity index (χ0) is 21.7. The van der Waals surface area contributed by atoms with Crippen LogP contribution in [0.1, 0.15) is 54.5 Å². The molecule has 30 heavy (non-hydrogen) atoms. The third-order valence-corrected chi connectivity index (χ3v) is 8.09. The van der Waals surface area contributed by atoms with Crippen LogP contribution in [-0.4, -0.2) is 54.7 Å². The molecule has 0 unspecified atom stereocenters. The number of amides is 1. The quantitative estimate of drug-likeness (QED) is 0.631. The monoisotopic (exact) mass is 450 g/mol. The van der Waals surface area contributed by atoms with Gasteiger partial charge in [-0.3, -0.25) is 15.0 Å². The van der Waals surface area contributed by atoms with E-state index in [0.717, 1.165) is 44.6 Å². The van der Waals surface area contributed by atoms with Crippen LogP contribution >= 0.6 is 11.3 Å². The third-order valence-electron chi connectivity index (χ3n) is 5.18. The lowest BCUT2D eigenvalue weighted by Gasteiger charge is -2.23. The van der Waals surface area contributed by atoms with E-state index < -0.39 is 10.0 Å². The standard InChI is InChI=1S/C21H30N4O3S2/c1-4-12-25(13-5-2)30(27,28)17-9-7-16(8-10-17)20(26)23-21-22-18-11-14-24(6-3)15-19(18)29-21/h7-10H,4-6,11-15H2,1-3H3,(H,22,23,26). The number of thiazole rings is 1. The van der Waals surface area contributed by atoms with Crippen LogP contribution in [0, 0.1) is 0 Å². The summed E-state index contributed by atoms with van der Waals surface area (Å²) in [4.78, 5) is 21.0. The van der Waals surface area contributed by atoms with E-state index in [4.69, 9.17) is 0 Å². The number of fused-ring (bicyclic) bond motifs is 1. The van der Waals surface area contributed by atoms with Crippen molar-refractivity contribution in [3.63, 3.8) is 0 Å². The molecule has 0 aliphatic carbocycles. The maximum atomic E-state index is 12.9. The number of carbonyl (C=O) groups is 1. The van der Waals surface area contributed by atoms with Crippen molar-refractivity contribution < 1.29 is 13.2 Å². The van der Waals surface area contributed by atoms with E-state index in [1.165, 1.54) is 32.7 Å². The summed E-state index contributed by atoms with van der Waals surface area (Å²) in [6.07, 6.45) is 2.41. The lowest BCUT2D eigenvalue weighted by atomic mass is 10.2. The Bertz CT molecular complexity index is 965. The van der Waals surface area contributed by atoms with Gasteiger partial charge in [-0.2, -0.15) is 4.31 Å². The van der Waals surface area contributed by atoms with Gasteiger partial charge in [0.2, 0.25) is 10.0 Å². The van der Waals surface area contributed by atoms with Crippen LogP contribution in [0.5, 0.6) is 0 Å². The molecule has 0 saturated carbocycles. The molecule has 1 aromatic heterocycles. The Balaban J connectivity index is 1.70. The van der Waals surface area contributed by atoms with Crippen LogP contribution in [0.4, 0.5) is 5.13 Å². The van der Waals surface area contributed by atoms with Crippen LogP contribution < -0.4 is 5.32 Å². The van der Waals surface area contributed by atoms with Crippen LogP contribution in [0.15, 0.2) is 29.2 Å². The highest BCUT2D eigenvalue weighted by atomic mass is 32.2. The Hall–Kier alpha value is -1.81. The van der Waals surface area contributed by atoms with Gasteiger partial charge in [-0.25, -0.2) is 13.4 Å². The van der Waals surface area contributed by atoms with Gasteiger partial charge in [0.05, 0.1) is 10.6 Å². The Morgan fingerprint density at radius 2 is 1.83 bits per heavy atom. The first-order valence-corrected chi connectivity index (χ1v) is 12.8. The highest BCUT2D eigenvalue weighted by molar-refractivity contribution is 7.89. The minimum absolute atomic E-state index is 0.213.